The van der Waals surface area contributed by atoms with E-state index in [0.717, 1.165) is 11.3 Å². The van der Waals surface area contributed by atoms with Crippen molar-refractivity contribution in [2.45, 2.75) is 27.3 Å². The minimum atomic E-state index is -0.594. The van der Waals surface area contributed by atoms with Crippen LogP contribution in [0.2, 0.25) is 0 Å². The second kappa shape index (κ2) is 6.57. The Bertz CT molecular complexity index is 723. The molecule has 0 unspecified atom stereocenters. The summed E-state index contributed by atoms with van der Waals surface area (Å²) in [6.45, 7) is 6.60. The summed E-state index contributed by atoms with van der Waals surface area (Å²) >= 11 is 5.29. The Kier molecular flexibility index (Phi) is 4.77. The highest BCUT2D eigenvalue weighted by Gasteiger charge is 2.15. The van der Waals surface area contributed by atoms with E-state index in [9.17, 15) is 4.79 Å². The Hall–Kier alpha value is -2.41. The number of aromatic nitrogens is 2. The maximum Gasteiger partial charge on any atom is 0.271 e. The van der Waals surface area contributed by atoms with E-state index in [0.29, 0.717) is 17.3 Å². The average Bonchev–Trinajstić information content (AvgIpc) is 2.85. The summed E-state index contributed by atoms with van der Waals surface area (Å²) in [6, 6.07) is 6.03. The summed E-state index contributed by atoms with van der Waals surface area (Å²) in [4.78, 5) is 11.4. The first-order valence-electron chi connectivity index (χ1n) is 6.93. The molecule has 7 heteroatoms. The lowest BCUT2D eigenvalue weighted by Gasteiger charge is -2.12. The maximum absolute atomic E-state index is 11.4. The lowest BCUT2D eigenvalue weighted by Crippen LogP contribution is -2.22. The maximum atomic E-state index is 11.4. The second-order valence-corrected chi connectivity index (χ2v) is 5.42. The SMILES string of the molecule is CCn1cc(NC(=S)Nc2ccc(C)cc2C)c(C(N)=O)n1. The Morgan fingerprint density at radius 2 is 2.00 bits per heavy atom. The molecule has 6 nitrogen and oxygen atoms in total. The van der Waals surface area contributed by atoms with Crippen LogP contribution in [0.25, 0.3) is 0 Å². The molecule has 0 radical (unpaired) electrons. The largest absolute Gasteiger partial charge is 0.364 e. The van der Waals surface area contributed by atoms with Crippen LogP contribution in [0, 0.1) is 13.8 Å². The normalized spacial score (nSPS) is 10.3. The van der Waals surface area contributed by atoms with Crippen molar-refractivity contribution in [1.29, 1.82) is 0 Å². The average molecular weight is 317 g/mol. The van der Waals surface area contributed by atoms with Gasteiger partial charge < -0.3 is 16.4 Å². The van der Waals surface area contributed by atoms with Crippen LogP contribution in [0.5, 0.6) is 0 Å². The molecule has 22 heavy (non-hydrogen) atoms. The molecule has 0 fully saturated rings. The van der Waals surface area contributed by atoms with Crippen molar-refractivity contribution < 1.29 is 4.79 Å². The van der Waals surface area contributed by atoms with E-state index in [-0.39, 0.29) is 5.69 Å². The molecule has 0 aliphatic carbocycles. The molecule has 0 bridgehead atoms. The predicted octanol–water partition coefficient (Wildman–Crippen LogP) is 2.43. The lowest BCUT2D eigenvalue weighted by molar-refractivity contribution is 0.0995. The molecular weight excluding hydrogens is 298 g/mol. The minimum absolute atomic E-state index is 0.173. The van der Waals surface area contributed by atoms with Gasteiger partial charge in [0.25, 0.3) is 5.91 Å². The van der Waals surface area contributed by atoms with Crippen LogP contribution >= 0.6 is 12.2 Å². The van der Waals surface area contributed by atoms with Gasteiger partial charge in [0.2, 0.25) is 0 Å². The van der Waals surface area contributed by atoms with Crippen molar-refractivity contribution in [3.8, 4) is 0 Å². The van der Waals surface area contributed by atoms with E-state index in [1.54, 1.807) is 10.9 Å². The van der Waals surface area contributed by atoms with Gasteiger partial charge in [0.1, 0.15) is 0 Å². The van der Waals surface area contributed by atoms with E-state index in [4.69, 9.17) is 18.0 Å². The van der Waals surface area contributed by atoms with E-state index in [1.165, 1.54) is 5.56 Å². The Morgan fingerprint density at radius 1 is 1.32 bits per heavy atom. The number of primary amides is 1. The van der Waals surface area contributed by atoms with Crippen LogP contribution < -0.4 is 16.4 Å². The summed E-state index contributed by atoms with van der Waals surface area (Å²) in [5, 5.41) is 10.6. The van der Waals surface area contributed by atoms with Crippen molar-refractivity contribution >= 4 is 34.6 Å². The van der Waals surface area contributed by atoms with Crippen molar-refractivity contribution in [3.63, 3.8) is 0 Å². The second-order valence-electron chi connectivity index (χ2n) is 5.01. The van der Waals surface area contributed by atoms with Crippen LogP contribution in [0.1, 0.15) is 28.5 Å². The van der Waals surface area contributed by atoms with Crippen molar-refractivity contribution in [1.82, 2.24) is 9.78 Å². The highest BCUT2D eigenvalue weighted by molar-refractivity contribution is 7.80. The van der Waals surface area contributed by atoms with Gasteiger partial charge in [0.15, 0.2) is 10.8 Å². The number of benzene rings is 1. The number of thiocarbonyl (C=S) groups is 1. The minimum Gasteiger partial charge on any atom is -0.364 e. The zero-order chi connectivity index (χ0) is 16.3. The predicted molar refractivity (Wildman–Crippen MR) is 92.2 cm³/mol. The highest BCUT2D eigenvalue weighted by Crippen LogP contribution is 2.18. The van der Waals surface area contributed by atoms with Crippen LogP contribution in [-0.4, -0.2) is 20.8 Å². The highest BCUT2D eigenvalue weighted by atomic mass is 32.1. The third-order valence-electron chi connectivity index (χ3n) is 3.20. The van der Waals surface area contributed by atoms with E-state index >= 15 is 0 Å². The number of carbonyl (C=O) groups excluding carboxylic acids is 1. The molecule has 1 aromatic heterocycles. The molecule has 4 N–H and O–H groups in total. The smallest absolute Gasteiger partial charge is 0.271 e. The summed E-state index contributed by atoms with van der Waals surface area (Å²) < 4.78 is 1.63. The van der Waals surface area contributed by atoms with Gasteiger partial charge in [-0.2, -0.15) is 5.10 Å². The Labute approximate surface area is 134 Å². The number of carbonyl (C=O) groups is 1. The van der Waals surface area contributed by atoms with Gasteiger partial charge in [-0.3, -0.25) is 9.48 Å². The molecule has 116 valence electrons. The number of anilines is 2. The fourth-order valence-electron chi connectivity index (χ4n) is 2.09. The number of amides is 1. The zero-order valence-corrected chi connectivity index (χ0v) is 13.6. The van der Waals surface area contributed by atoms with Crippen molar-refractivity contribution in [2.75, 3.05) is 10.6 Å². The van der Waals surface area contributed by atoms with E-state index < -0.39 is 5.91 Å². The topological polar surface area (TPSA) is 85.0 Å². The Balaban J connectivity index is 2.15. The van der Waals surface area contributed by atoms with Gasteiger partial charge in [-0.25, -0.2) is 0 Å². The summed E-state index contributed by atoms with van der Waals surface area (Å²) in [5.74, 6) is -0.594. The number of rotatable bonds is 4. The monoisotopic (exact) mass is 317 g/mol. The fourth-order valence-corrected chi connectivity index (χ4v) is 2.31. The molecule has 0 atom stereocenters. The first-order chi connectivity index (χ1) is 10.4. The first kappa shape index (κ1) is 16.0. The van der Waals surface area contributed by atoms with E-state index in [1.807, 2.05) is 32.9 Å². The van der Waals surface area contributed by atoms with Gasteiger partial charge in [0.05, 0.1) is 5.69 Å². The van der Waals surface area contributed by atoms with Crippen molar-refractivity contribution in [3.05, 3.63) is 41.2 Å². The molecule has 1 heterocycles. The fraction of sp³-hybridized carbons (Fsp3) is 0.267. The number of nitrogens with zero attached hydrogens (tertiary/aromatic N) is 2. The number of nitrogens with one attached hydrogen (secondary N) is 2. The summed E-state index contributed by atoms with van der Waals surface area (Å²) in [5.41, 5.74) is 9.18. The molecule has 1 amide bonds. The van der Waals surface area contributed by atoms with Crippen LogP contribution in [-0.2, 0) is 6.54 Å². The summed E-state index contributed by atoms with van der Waals surface area (Å²) in [6.07, 6.45) is 1.70. The molecule has 2 aromatic rings. The standard InChI is InChI=1S/C15H19N5OS/c1-4-20-8-12(13(19-20)14(16)21)18-15(22)17-11-6-5-9(2)7-10(11)3/h5-8H,4H2,1-3H3,(H2,16,21)(H2,17,18,22). The molecule has 0 aliphatic rings. The summed E-state index contributed by atoms with van der Waals surface area (Å²) in [7, 11) is 0. The number of hydrogen-bond donors (Lipinski definition) is 3. The quantitative estimate of drug-likeness (QED) is 0.754. The number of nitrogens with two attached hydrogens (primary N) is 1. The van der Waals surface area contributed by atoms with Crippen LogP contribution in [0.4, 0.5) is 11.4 Å². The van der Waals surface area contributed by atoms with Gasteiger partial charge in [-0.05, 0) is 44.6 Å². The lowest BCUT2D eigenvalue weighted by atomic mass is 10.1. The third kappa shape index (κ3) is 3.62. The van der Waals surface area contributed by atoms with Crippen LogP contribution in [0.3, 0.4) is 0 Å². The van der Waals surface area contributed by atoms with Crippen LogP contribution in [0.15, 0.2) is 24.4 Å². The Morgan fingerprint density at radius 3 is 2.59 bits per heavy atom. The van der Waals surface area contributed by atoms with Gasteiger partial charge >= 0.3 is 0 Å². The molecule has 0 saturated heterocycles. The van der Waals surface area contributed by atoms with Crippen molar-refractivity contribution in [2.24, 2.45) is 5.73 Å². The van der Waals surface area contributed by atoms with Gasteiger partial charge in [-0.1, -0.05) is 17.7 Å². The molecule has 1 aromatic carbocycles. The molecule has 0 saturated carbocycles. The van der Waals surface area contributed by atoms with Gasteiger partial charge in [-0.15, -0.1) is 0 Å². The van der Waals surface area contributed by atoms with Gasteiger partial charge in [0, 0.05) is 18.4 Å². The molecular formula is C15H19N5OS. The number of aryl methyl sites for hydroxylation is 3. The number of hydrogen-bond acceptors (Lipinski definition) is 3. The van der Waals surface area contributed by atoms with E-state index in [2.05, 4.69) is 21.8 Å². The zero-order valence-electron chi connectivity index (χ0n) is 12.8. The third-order valence-corrected chi connectivity index (χ3v) is 3.40. The molecule has 0 aliphatic heterocycles. The molecule has 0 spiro atoms. The molecule has 2 rings (SSSR count). The first-order valence-corrected chi connectivity index (χ1v) is 7.34.